The Kier molecular flexibility index (Phi) is 9.81. The van der Waals surface area contributed by atoms with Crippen LogP contribution >= 0.6 is 0 Å². The highest BCUT2D eigenvalue weighted by atomic mass is 19.1. The van der Waals surface area contributed by atoms with Crippen LogP contribution in [0.5, 0.6) is 5.75 Å². The molecule has 1 aliphatic rings. The molecule has 2 heterocycles. The Balaban J connectivity index is 1.40. The number of methoxy groups -OCH3 is 1. The van der Waals surface area contributed by atoms with Crippen molar-refractivity contribution in [2.24, 2.45) is 5.92 Å². The number of benzene rings is 4. The zero-order valence-electron chi connectivity index (χ0n) is 29.5. The van der Waals surface area contributed by atoms with Crippen LogP contribution in [-0.4, -0.2) is 60.2 Å². The number of aromatic nitrogens is 2. The molecule has 1 aromatic heterocycles. The quantitative estimate of drug-likeness (QED) is 0.164. The molecule has 4 aromatic carbocycles. The minimum atomic E-state index is -0.689. The van der Waals surface area contributed by atoms with Gasteiger partial charge in [-0.1, -0.05) is 36.4 Å². The zero-order chi connectivity index (χ0) is 35.6. The van der Waals surface area contributed by atoms with Gasteiger partial charge in [-0.25, -0.2) is 9.18 Å². The maximum Gasteiger partial charge on any atom is 0.435 e. The Morgan fingerprint density at radius 2 is 1.62 bits per heavy atom. The highest BCUT2D eigenvalue weighted by molar-refractivity contribution is 5.98. The van der Waals surface area contributed by atoms with Crippen LogP contribution in [0.1, 0.15) is 40.3 Å². The van der Waals surface area contributed by atoms with Crippen LogP contribution in [0.15, 0.2) is 97.1 Å². The lowest BCUT2D eigenvalue weighted by atomic mass is 9.99. The van der Waals surface area contributed by atoms with Crippen molar-refractivity contribution in [2.75, 3.05) is 41.4 Å². The first-order valence-corrected chi connectivity index (χ1v) is 16.9. The summed E-state index contributed by atoms with van der Waals surface area (Å²) in [6, 6.07) is 29.5. The molecule has 0 fully saturated rings. The number of carbonyl (C=O) groups is 2. The van der Waals surface area contributed by atoms with Crippen LogP contribution in [0.25, 0.3) is 10.9 Å². The second-order valence-corrected chi connectivity index (χ2v) is 13.9. The molecule has 1 amide bonds. The van der Waals surface area contributed by atoms with E-state index in [1.54, 1.807) is 13.2 Å². The van der Waals surface area contributed by atoms with Gasteiger partial charge in [-0.2, -0.15) is 9.78 Å². The lowest BCUT2D eigenvalue weighted by Gasteiger charge is -2.32. The van der Waals surface area contributed by atoms with Crippen LogP contribution < -0.4 is 19.4 Å². The Labute approximate surface area is 292 Å². The van der Waals surface area contributed by atoms with Crippen molar-refractivity contribution in [1.29, 1.82) is 0 Å². The van der Waals surface area contributed by atoms with E-state index in [0.29, 0.717) is 36.5 Å². The molecule has 10 heteroatoms. The average Bonchev–Trinajstić information content (AvgIpc) is 3.36. The standard InChI is InChI=1S/C40H44FN5O4/c1-27(2)45(30-18-20-32(49-6)21-19-30)38(47)26-43-24-28(25-44(31-13-11-12-29(41)23-31)37-17-10-9-16-36(37)43)22-34-33-14-7-8-15-35(33)46(42-34)39(48)50-40(3,4)5/h7-21,23,27-28H,22,24-26H2,1-6H3. The van der Waals surface area contributed by atoms with Gasteiger partial charge in [0.25, 0.3) is 0 Å². The molecule has 5 aromatic rings. The zero-order valence-corrected chi connectivity index (χ0v) is 29.5. The van der Waals surface area contributed by atoms with Gasteiger partial charge in [-0.05, 0) is 108 Å². The molecule has 0 bridgehead atoms. The van der Waals surface area contributed by atoms with Gasteiger partial charge < -0.3 is 24.2 Å². The van der Waals surface area contributed by atoms with E-state index in [2.05, 4.69) is 9.80 Å². The molecule has 1 unspecified atom stereocenters. The number of fused-ring (bicyclic) bond motifs is 2. The summed E-state index contributed by atoms with van der Waals surface area (Å²) in [4.78, 5) is 33.6. The second kappa shape index (κ2) is 14.2. The smallest absolute Gasteiger partial charge is 0.435 e. The Bertz CT molecular complexity index is 1980. The van der Waals surface area contributed by atoms with Crippen molar-refractivity contribution in [1.82, 2.24) is 9.78 Å². The van der Waals surface area contributed by atoms with Crippen molar-refractivity contribution in [2.45, 2.75) is 52.7 Å². The predicted molar refractivity (Wildman–Crippen MR) is 196 cm³/mol. The third-order valence-corrected chi connectivity index (χ3v) is 8.73. The molecule has 0 saturated carbocycles. The molecule has 0 spiro atoms. The van der Waals surface area contributed by atoms with E-state index in [1.807, 2.05) is 118 Å². The fourth-order valence-electron chi connectivity index (χ4n) is 6.66. The molecule has 1 aliphatic heterocycles. The van der Waals surface area contributed by atoms with Gasteiger partial charge in [0.2, 0.25) is 5.91 Å². The Morgan fingerprint density at radius 1 is 0.920 bits per heavy atom. The highest BCUT2D eigenvalue weighted by Crippen LogP contribution is 2.39. The van der Waals surface area contributed by atoms with E-state index >= 15 is 0 Å². The lowest BCUT2D eigenvalue weighted by Crippen LogP contribution is -2.45. The summed E-state index contributed by atoms with van der Waals surface area (Å²) in [5.41, 5.74) is 3.96. The first-order chi connectivity index (χ1) is 23.9. The van der Waals surface area contributed by atoms with E-state index in [4.69, 9.17) is 14.6 Å². The third-order valence-electron chi connectivity index (χ3n) is 8.73. The monoisotopic (exact) mass is 677 g/mol. The van der Waals surface area contributed by atoms with E-state index in [9.17, 15) is 14.0 Å². The first kappa shape index (κ1) is 34.5. The molecular weight excluding hydrogens is 633 g/mol. The summed E-state index contributed by atoms with van der Waals surface area (Å²) >= 11 is 0. The molecule has 9 nitrogen and oxygen atoms in total. The Morgan fingerprint density at radius 3 is 2.30 bits per heavy atom. The number of carbonyl (C=O) groups excluding carboxylic acids is 2. The SMILES string of the molecule is COc1ccc(N(C(=O)CN2CC(Cc3nn(C(=O)OC(C)(C)C)c4ccccc34)CN(c3cccc(F)c3)c3ccccc32)C(C)C)cc1. The number of rotatable bonds is 8. The molecule has 1 atom stereocenters. The van der Waals surface area contributed by atoms with Gasteiger partial charge in [0, 0.05) is 35.9 Å². The molecule has 50 heavy (non-hydrogen) atoms. The van der Waals surface area contributed by atoms with E-state index in [0.717, 1.165) is 28.1 Å². The van der Waals surface area contributed by atoms with Crippen molar-refractivity contribution in [3.8, 4) is 5.75 Å². The molecule has 0 aliphatic carbocycles. The normalized spacial score (nSPS) is 14.8. The summed E-state index contributed by atoms with van der Waals surface area (Å²) < 4.78 is 27.1. The number of para-hydroxylation sites is 3. The summed E-state index contributed by atoms with van der Waals surface area (Å²) in [6.07, 6.45) is -0.0539. The first-order valence-electron chi connectivity index (χ1n) is 16.9. The number of anilines is 4. The van der Waals surface area contributed by atoms with Gasteiger partial charge in [0.1, 0.15) is 17.2 Å². The van der Waals surface area contributed by atoms with Crippen molar-refractivity contribution < 1.29 is 23.5 Å². The average molecular weight is 678 g/mol. The number of ether oxygens (including phenoxy) is 2. The number of hydrogen-bond acceptors (Lipinski definition) is 7. The van der Waals surface area contributed by atoms with Crippen LogP contribution in [0.2, 0.25) is 0 Å². The van der Waals surface area contributed by atoms with E-state index < -0.39 is 11.7 Å². The van der Waals surface area contributed by atoms with Crippen LogP contribution in [0.4, 0.5) is 31.9 Å². The summed E-state index contributed by atoms with van der Waals surface area (Å²) in [5.74, 6) is 0.241. The van der Waals surface area contributed by atoms with Gasteiger partial charge in [0.15, 0.2) is 0 Å². The van der Waals surface area contributed by atoms with Crippen LogP contribution in [0.3, 0.4) is 0 Å². The summed E-state index contributed by atoms with van der Waals surface area (Å²) in [7, 11) is 1.62. The highest BCUT2D eigenvalue weighted by Gasteiger charge is 2.32. The number of halogens is 1. The van der Waals surface area contributed by atoms with Gasteiger partial charge in [-0.15, -0.1) is 0 Å². The van der Waals surface area contributed by atoms with Crippen LogP contribution in [-0.2, 0) is 16.0 Å². The fourth-order valence-corrected chi connectivity index (χ4v) is 6.66. The van der Waals surface area contributed by atoms with E-state index in [1.165, 1.54) is 16.8 Å². The molecule has 0 radical (unpaired) electrons. The third kappa shape index (κ3) is 7.44. The molecule has 6 rings (SSSR count). The van der Waals surface area contributed by atoms with Crippen LogP contribution in [0, 0.1) is 11.7 Å². The van der Waals surface area contributed by atoms with Crippen molar-refractivity contribution in [3.63, 3.8) is 0 Å². The maximum atomic E-state index is 14.7. The largest absolute Gasteiger partial charge is 0.497 e. The fraction of sp³-hybridized carbons (Fsp3) is 0.325. The molecular formula is C40H44FN5O4. The topological polar surface area (TPSA) is 80.1 Å². The lowest BCUT2D eigenvalue weighted by molar-refractivity contribution is -0.117. The summed E-state index contributed by atoms with van der Waals surface area (Å²) in [6.45, 7) is 10.6. The van der Waals surface area contributed by atoms with Crippen molar-refractivity contribution in [3.05, 3.63) is 109 Å². The molecule has 0 saturated heterocycles. The van der Waals surface area contributed by atoms with Crippen molar-refractivity contribution >= 4 is 45.7 Å². The van der Waals surface area contributed by atoms with Gasteiger partial charge in [0.05, 0.1) is 36.2 Å². The van der Waals surface area contributed by atoms with Gasteiger partial charge >= 0.3 is 6.09 Å². The number of nitrogens with zero attached hydrogens (tertiary/aromatic N) is 5. The second-order valence-electron chi connectivity index (χ2n) is 13.9. The number of amides is 1. The molecule has 260 valence electrons. The minimum absolute atomic E-state index is 0.0578. The van der Waals surface area contributed by atoms with Gasteiger partial charge in [-0.3, -0.25) is 4.79 Å². The summed E-state index contributed by atoms with van der Waals surface area (Å²) in [5, 5.41) is 5.66. The maximum absolute atomic E-state index is 14.7. The predicted octanol–water partition coefficient (Wildman–Crippen LogP) is 8.23. The number of hydrogen-bond donors (Lipinski definition) is 0. The Hall–Kier alpha value is -5.38. The minimum Gasteiger partial charge on any atom is -0.497 e. The van der Waals surface area contributed by atoms with E-state index in [-0.39, 0.29) is 30.2 Å². The molecule has 0 N–H and O–H groups in total.